The summed E-state index contributed by atoms with van der Waals surface area (Å²) in [6.07, 6.45) is 0.893. The summed E-state index contributed by atoms with van der Waals surface area (Å²) in [4.78, 5) is 0. The number of aliphatic hydroxyl groups is 1. The standard InChI is InChI=1S/C14H21NO2S/c1-2-17-13-5-3-4-12(8-13)9-15-10-14(16)6-7-18-11-14/h3-5,8,15-16H,2,6-7,9-11H2,1H3. The molecule has 0 bridgehead atoms. The van der Waals surface area contributed by atoms with Gasteiger partial charge in [0, 0.05) is 18.8 Å². The molecule has 0 saturated carbocycles. The lowest BCUT2D eigenvalue weighted by atomic mass is 10.0. The monoisotopic (exact) mass is 267 g/mol. The number of benzene rings is 1. The maximum absolute atomic E-state index is 10.2. The highest BCUT2D eigenvalue weighted by Gasteiger charge is 2.30. The van der Waals surface area contributed by atoms with Crippen LogP contribution in [0.4, 0.5) is 0 Å². The van der Waals surface area contributed by atoms with Crippen molar-refractivity contribution >= 4 is 11.8 Å². The first-order chi connectivity index (χ1) is 8.72. The maximum Gasteiger partial charge on any atom is 0.119 e. The van der Waals surface area contributed by atoms with Gasteiger partial charge in [0.15, 0.2) is 0 Å². The van der Waals surface area contributed by atoms with Crippen LogP contribution in [0.1, 0.15) is 18.9 Å². The quantitative estimate of drug-likeness (QED) is 0.827. The van der Waals surface area contributed by atoms with Crippen molar-refractivity contribution in [1.29, 1.82) is 0 Å². The van der Waals surface area contributed by atoms with Crippen molar-refractivity contribution in [3.63, 3.8) is 0 Å². The van der Waals surface area contributed by atoms with E-state index in [9.17, 15) is 5.11 Å². The molecule has 0 aromatic heterocycles. The van der Waals surface area contributed by atoms with Gasteiger partial charge in [0.1, 0.15) is 5.75 Å². The van der Waals surface area contributed by atoms with E-state index in [0.29, 0.717) is 13.2 Å². The van der Waals surface area contributed by atoms with Gasteiger partial charge in [0.2, 0.25) is 0 Å². The van der Waals surface area contributed by atoms with E-state index in [4.69, 9.17) is 4.74 Å². The predicted octanol–water partition coefficient (Wildman–Crippen LogP) is 2.04. The summed E-state index contributed by atoms with van der Waals surface area (Å²) >= 11 is 1.83. The summed E-state index contributed by atoms with van der Waals surface area (Å²) in [5, 5.41) is 13.5. The average molecular weight is 267 g/mol. The Labute approximate surface area is 113 Å². The normalized spacial score (nSPS) is 23.2. The molecule has 18 heavy (non-hydrogen) atoms. The van der Waals surface area contributed by atoms with Crippen LogP contribution in [-0.2, 0) is 6.54 Å². The van der Waals surface area contributed by atoms with Gasteiger partial charge in [0.05, 0.1) is 12.2 Å². The zero-order valence-electron chi connectivity index (χ0n) is 10.8. The third-order valence-electron chi connectivity index (χ3n) is 3.08. The van der Waals surface area contributed by atoms with Crippen molar-refractivity contribution in [3.05, 3.63) is 29.8 Å². The number of thioether (sulfide) groups is 1. The molecule has 100 valence electrons. The van der Waals surface area contributed by atoms with Gasteiger partial charge in [-0.15, -0.1) is 0 Å². The number of rotatable bonds is 6. The molecule has 1 heterocycles. The van der Waals surface area contributed by atoms with Crippen molar-refractivity contribution in [1.82, 2.24) is 5.32 Å². The fourth-order valence-corrected chi connectivity index (χ4v) is 3.38. The van der Waals surface area contributed by atoms with Gasteiger partial charge in [-0.25, -0.2) is 0 Å². The largest absolute Gasteiger partial charge is 0.494 e. The minimum absolute atomic E-state index is 0.512. The van der Waals surface area contributed by atoms with Crippen molar-refractivity contribution in [3.8, 4) is 5.75 Å². The second-order valence-electron chi connectivity index (χ2n) is 4.71. The SMILES string of the molecule is CCOc1cccc(CNCC2(O)CCSC2)c1. The van der Waals surface area contributed by atoms with E-state index in [0.717, 1.165) is 30.2 Å². The fraction of sp³-hybridized carbons (Fsp3) is 0.571. The highest BCUT2D eigenvalue weighted by molar-refractivity contribution is 7.99. The molecule has 0 aliphatic carbocycles. The Hall–Kier alpha value is -0.710. The molecule has 0 radical (unpaired) electrons. The van der Waals surface area contributed by atoms with Crippen LogP contribution in [0, 0.1) is 0 Å². The third kappa shape index (κ3) is 3.90. The molecule has 0 amide bonds. The fourth-order valence-electron chi connectivity index (χ4n) is 2.09. The molecular weight excluding hydrogens is 246 g/mol. The summed E-state index contributed by atoms with van der Waals surface area (Å²) in [6, 6.07) is 8.09. The first-order valence-electron chi connectivity index (χ1n) is 6.44. The molecule has 3 nitrogen and oxygen atoms in total. The number of nitrogens with one attached hydrogen (secondary N) is 1. The minimum atomic E-state index is -0.512. The lowest BCUT2D eigenvalue weighted by Crippen LogP contribution is -2.40. The average Bonchev–Trinajstić information content (AvgIpc) is 2.77. The van der Waals surface area contributed by atoms with Crippen molar-refractivity contribution in [2.75, 3.05) is 24.7 Å². The van der Waals surface area contributed by atoms with Crippen molar-refractivity contribution < 1.29 is 9.84 Å². The van der Waals surface area contributed by atoms with E-state index in [1.165, 1.54) is 5.56 Å². The first kappa shape index (κ1) is 13.7. The third-order valence-corrected chi connectivity index (χ3v) is 4.31. The Balaban J connectivity index is 1.80. The molecule has 2 N–H and O–H groups in total. The maximum atomic E-state index is 10.2. The molecular formula is C14H21NO2S. The molecule has 1 fully saturated rings. The van der Waals surface area contributed by atoms with E-state index in [1.807, 2.05) is 36.9 Å². The van der Waals surface area contributed by atoms with Crippen LogP contribution in [0.5, 0.6) is 5.75 Å². The molecule has 1 atom stereocenters. The first-order valence-corrected chi connectivity index (χ1v) is 7.60. The summed E-state index contributed by atoms with van der Waals surface area (Å²) in [5.74, 6) is 2.82. The van der Waals surface area contributed by atoms with Crippen LogP contribution >= 0.6 is 11.8 Å². The van der Waals surface area contributed by atoms with Crippen LogP contribution < -0.4 is 10.1 Å². The van der Waals surface area contributed by atoms with Gasteiger partial charge in [0.25, 0.3) is 0 Å². The molecule has 1 aliphatic heterocycles. The van der Waals surface area contributed by atoms with Crippen LogP contribution in [-0.4, -0.2) is 35.4 Å². The Morgan fingerprint density at radius 2 is 2.39 bits per heavy atom. The molecule has 4 heteroatoms. The summed E-state index contributed by atoms with van der Waals surface area (Å²) in [7, 11) is 0. The van der Waals surface area contributed by atoms with Crippen LogP contribution in [0.3, 0.4) is 0 Å². The Bertz CT molecular complexity index is 378. The topological polar surface area (TPSA) is 41.5 Å². The lowest BCUT2D eigenvalue weighted by Gasteiger charge is -2.21. The van der Waals surface area contributed by atoms with Crippen LogP contribution in [0.2, 0.25) is 0 Å². The summed E-state index contributed by atoms with van der Waals surface area (Å²) < 4.78 is 5.47. The molecule has 1 saturated heterocycles. The van der Waals surface area contributed by atoms with Gasteiger partial charge < -0.3 is 15.2 Å². The van der Waals surface area contributed by atoms with Gasteiger partial charge in [-0.2, -0.15) is 11.8 Å². The molecule has 1 aromatic carbocycles. The highest BCUT2D eigenvalue weighted by atomic mass is 32.2. The number of hydrogen-bond donors (Lipinski definition) is 2. The molecule has 1 aliphatic rings. The highest BCUT2D eigenvalue weighted by Crippen LogP contribution is 2.27. The van der Waals surface area contributed by atoms with Crippen LogP contribution in [0.25, 0.3) is 0 Å². The zero-order chi connectivity index (χ0) is 12.8. The molecule has 1 aromatic rings. The number of ether oxygens (including phenoxy) is 1. The van der Waals surface area contributed by atoms with Gasteiger partial charge in [-0.05, 0) is 36.8 Å². The van der Waals surface area contributed by atoms with E-state index in [-0.39, 0.29) is 0 Å². The lowest BCUT2D eigenvalue weighted by molar-refractivity contribution is 0.0675. The predicted molar refractivity (Wildman–Crippen MR) is 76.2 cm³/mol. The molecule has 1 unspecified atom stereocenters. The summed E-state index contributed by atoms with van der Waals surface area (Å²) in [5.41, 5.74) is 0.678. The molecule has 0 spiro atoms. The van der Waals surface area contributed by atoms with Crippen molar-refractivity contribution in [2.24, 2.45) is 0 Å². The second-order valence-corrected chi connectivity index (χ2v) is 5.82. The Kier molecular flexibility index (Phi) is 4.92. The summed E-state index contributed by atoms with van der Waals surface area (Å²) in [6.45, 7) is 4.11. The van der Waals surface area contributed by atoms with E-state index in [1.54, 1.807) is 0 Å². The Morgan fingerprint density at radius 3 is 3.11 bits per heavy atom. The van der Waals surface area contributed by atoms with Crippen LogP contribution in [0.15, 0.2) is 24.3 Å². The number of hydrogen-bond acceptors (Lipinski definition) is 4. The van der Waals surface area contributed by atoms with E-state index < -0.39 is 5.60 Å². The van der Waals surface area contributed by atoms with Gasteiger partial charge >= 0.3 is 0 Å². The van der Waals surface area contributed by atoms with Gasteiger partial charge in [-0.3, -0.25) is 0 Å². The van der Waals surface area contributed by atoms with E-state index >= 15 is 0 Å². The molecule has 2 rings (SSSR count). The minimum Gasteiger partial charge on any atom is -0.494 e. The Morgan fingerprint density at radius 1 is 1.50 bits per heavy atom. The second kappa shape index (κ2) is 6.45. The smallest absolute Gasteiger partial charge is 0.119 e. The van der Waals surface area contributed by atoms with Gasteiger partial charge in [-0.1, -0.05) is 12.1 Å². The van der Waals surface area contributed by atoms with E-state index in [2.05, 4.69) is 11.4 Å². The zero-order valence-corrected chi connectivity index (χ0v) is 11.6. The van der Waals surface area contributed by atoms with Crippen molar-refractivity contribution in [2.45, 2.75) is 25.5 Å².